The van der Waals surface area contributed by atoms with Crippen molar-refractivity contribution in [2.45, 2.75) is 13.0 Å². The third kappa shape index (κ3) is 4.45. The minimum atomic E-state index is -0.745. The van der Waals surface area contributed by atoms with Crippen LogP contribution in [0.1, 0.15) is 18.5 Å². The van der Waals surface area contributed by atoms with E-state index in [0.29, 0.717) is 40.1 Å². The van der Waals surface area contributed by atoms with Crippen LogP contribution in [-0.2, 0) is 14.3 Å². The van der Waals surface area contributed by atoms with Gasteiger partial charge in [0.15, 0.2) is 0 Å². The van der Waals surface area contributed by atoms with Gasteiger partial charge in [0.25, 0.3) is 0 Å². The Hall–Kier alpha value is -3.72. The average molecular weight is 472 g/mol. The second-order valence-electron chi connectivity index (χ2n) is 7.27. The summed E-state index contributed by atoms with van der Waals surface area (Å²) in [6.07, 6.45) is 0. The molecule has 2 aliphatic heterocycles. The number of nitrogens with one attached hydrogen (secondary N) is 2. The lowest BCUT2D eigenvalue weighted by molar-refractivity contribution is -0.136. The van der Waals surface area contributed by atoms with E-state index in [2.05, 4.69) is 10.6 Å². The van der Waals surface area contributed by atoms with Gasteiger partial charge >= 0.3 is 12.0 Å². The highest BCUT2D eigenvalue weighted by Crippen LogP contribution is 2.38. The molecule has 0 aromatic heterocycles. The Morgan fingerprint density at radius 1 is 1.24 bits per heavy atom. The van der Waals surface area contributed by atoms with Crippen LogP contribution in [0.25, 0.3) is 0 Å². The summed E-state index contributed by atoms with van der Waals surface area (Å²) in [7, 11) is 1.49. The Kier molecular flexibility index (Phi) is 6.41. The van der Waals surface area contributed by atoms with Gasteiger partial charge < -0.3 is 24.8 Å². The summed E-state index contributed by atoms with van der Waals surface area (Å²) in [6, 6.07) is 10.7. The summed E-state index contributed by atoms with van der Waals surface area (Å²) in [5.41, 5.74) is 1.71. The van der Waals surface area contributed by atoms with E-state index >= 15 is 0 Å². The van der Waals surface area contributed by atoms with Crippen molar-refractivity contribution in [1.82, 2.24) is 10.2 Å². The number of esters is 1. The number of para-hydroxylation sites is 1. The second-order valence-corrected chi connectivity index (χ2v) is 7.68. The molecule has 4 rings (SSSR count). The highest BCUT2D eigenvalue weighted by atomic mass is 35.5. The van der Waals surface area contributed by atoms with Crippen LogP contribution in [0.15, 0.2) is 53.7 Å². The quantitative estimate of drug-likeness (QED) is 0.600. The second kappa shape index (κ2) is 9.41. The molecule has 33 heavy (non-hydrogen) atoms. The fourth-order valence-corrected chi connectivity index (χ4v) is 4.06. The van der Waals surface area contributed by atoms with Crippen LogP contribution in [0.4, 0.5) is 10.5 Å². The molecule has 2 aromatic carbocycles. The normalized spacial score (nSPS) is 17.3. The van der Waals surface area contributed by atoms with E-state index in [0.717, 1.165) is 0 Å². The lowest BCUT2D eigenvalue weighted by Crippen LogP contribution is -2.49. The van der Waals surface area contributed by atoms with Crippen molar-refractivity contribution in [3.63, 3.8) is 0 Å². The number of carbonyl (C=O) groups excluding carboxylic acids is 3. The molecule has 0 fully saturated rings. The first-order chi connectivity index (χ1) is 15.9. The van der Waals surface area contributed by atoms with E-state index in [1.165, 1.54) is 12.0 Å². The number of halogens is 1. The van der Waals surface area contributed by atoms with Crippen molar-refractivity contribution < 1.29 is 28.6 Å². The fraction of sp³-hybridized carbons (Fsp3) is 0.261. The summed E-state index contributed by atoms with van der Waals surface area (Å²) in [5, 5.41) is 5.84. The Morgan fingerprint density at radius 2 is 2.03 bits per heavy atom. The largest absolute Gasteiger partial charge is 0.495 e. The van der Waals surface area contributed by atoms with E-state index in [4.69, 9.17) is 25.8 Å². The summed E-state index contributed by atoms with van der Waals surface area (Å²) in [6.45, 7) is 1.86. The van der Waals surface area contributed by atoms with E-state index in [9.17, 15) is 14.4 Å². The van der Waals surface area contributed by atoms with Crippen LogP contribution in [0.2, 0.25) is 5.02 Å². The van der Waals surface area contributed by atoms with Gasteiger partial charge in [-0.25, -0.2) is 9.59 Å². The van der Waals surface area contributed by atoms with Crippen LogP contribution < -0.4 is 20.1 Å². The van der Waals surface area contributed by atoms with Gasteiger partial charge in [-0.15, -0.1) is 0 Å². The van der Waals surface area contributed by atoms with Crippen LogP contribution >= 0.6 is 11.6 Å². The third-order valence-electron chi connectivity index (χ3n) is 5.27. The molecule has 2 heterocycles. The molecule has 0 bridgehead atoms. The standard InChI is InChI=1S/C23H22ClN3O6/c1-3-32-17-7-5-4-6-14(17)21-20-16(12-33-22(20)29)27(23(30)26-21)11-19(28)25-13-8-9-18(31-2)15(24)10-13/h4-10,21H,3,11-12H2,1-2H3,(H,25,28)(H,26,30). The van der Waals surface area contributed by atoms with Gasteiger partial charge in [-0.3, -0.25) is 9.69 Å². The predicted molar refractivity (Wildman–Crippen MR) is 120 cm³/mol. The van der Waals surface area contributed by atoms with Gasteiger partial charge in [0.05, 0.1) is 36.1 Å². The first-order valence-corrected chi connectivity index (χ1v) is 10.6. The highest BCUT2D eigenvalue weighted by molar-refractivity contribution is 6.32. The van der Waals surface area contributed by atoms with E-state index in [1.54, 1.807) is 36.4 Å². The van der Waals surface area contributed by atoms with Gasteiger partial charge in [-0.05, 0) is 31.2 Å². The first kappa shape index (κ1) is 22.5. The molecule has 0 radical (unpaired) electrons. The topological polar surface area (TPSA) is 106 Å². The number of anilines is 1. The minimum absolute atomic E-state index is 0.101. The van der Waals surface area contributed by atoms with E-state index in [-0.39, 0.29) is 18.7 Å². The van der Waals surface area contributed by atoms with Gasteiger partial charge in [-0.1, -0.05) is 29.8 Å². The maximum Gasteiger partial charge on any atom is 0.338 e. The summed E-state index contributed by atoms with van der Waals surface area (Å²) in [4.78, 5) is 39.4. The number of ether oxygens (including phenoxy) is 3. The number of benzene rings is 2. The monoisotopic (exact) mass is 471 g/mol. The molecule has 0 saturated carbocycles. The zero-order valence-corrected chi connectivity index (χ0v) is 18.8. The lowest BCUT2D eigenvalue weighted by atomic mass is 9.95. The molecule has 0 aliphatic carbocycles. The van der Waals surface area contributed by atoms with Gasteiger partial charge in [-0.2, -0.15) is 0 Å². The van der Waals surface area contributed by atoms with Crippen molar-refractivity contribution in [2.75, 3.05) is 32.2 Å². The third-order valence-corrected chi connectivity index (χ3v) is 5.56. The molecule has 2 aliphatic rings. The minimum Gasteiger partial charge on any atom is -0.495 e. The number of hydrogen-bond acceptors (Lipinski definition) is 6. The predicted octanol–water partition coefficient (Wildman–Crippen LogP) is 3.26. The van der Waals surface area contributed by atoms with Gasteiger partial charge in [0, 0.05) is 11.3 Å². The molecule has 1 atom stereocenters. The maximum atomic E-state index is 13.0. The molecule has 0 saturated heterocycles. The number of amides is 3. The lowest BCUT2D eigenvalue weighted by Gasteiger charge is -2.33. The molecule has 3 amide bonds. The SMILES string of the molecule is CCOc1ccccc1C1NC(=O)N(CC(=O)Nc2ccc(OC)c(Cl)c2)C2=C1C(=O)OC2. The van der Waals surface area contributed by atoms with Gasteiger partial charge in [0.2, 0.25) is 5.91 Å². The maximum absolute atomic E-state index is 13.0. The Morgan fingerprint density at radius 3 is 2.76 bits per heavy atom. The number of rotatable bonds is 7. The van der Waals surface area contributed by atoms with Crippen molar-refractivity contribution in [3.05, 3.63) is 64.3 Å². The molecular weight excluding hydrogens is 450 g/mol. The average Bonchev–Trinajstić information content (AvgIpc) is 3.18. The van der Waals surface area contributed by atoms with Crippen LogP contribution in [-0.4, -0.2) is 49.7 Å². The summed E-state index contributed by atoms with van der Waals surface area (Å²) in [5.74, 6) is 0.0127. The molecule has 172 valence electrons. The van der Waals surface area contributed by atoms with Crippen LogP contribution in [0.5, 0.6) is 11.5 Å². The molecule has 1 unspecified atom stereocenters. The molecule has 2 N–H and O–H groups in total. The van der Waals surface area contributed by atoms with E-state index in [1.807, 2.05) is 13.0 Å². The summed E-state index contributed by atoms with van der Waals surface area (Å²) < 4.78 is 16.0. The molecule has 10 heteroatoms. The Bertz CT molecular complexity index is 1150. The fourth-order valence-electron chi connectivity index (χ4n) is 3.81. The zero-order chi connectivity index (χ0) is 23.5. The number of cyclic esters (lactones) is 1. The number of carbonyl (C=O) groups is 3. The Labute approximate surface area is 195 Å². The van der Waals surface area contributed by atoms with Crippen LogP contribution in [0.3, 0.4) is 0 Å². The first-order valence-electron chi connectivity index (χ1n) is 10.3. The smallest absolute Gasteiger partial charge is 0.338 e. The van der Waals surface area contributed by atoms with Crippen molar-refractivity contribution in [1.29, 1.82) is 0 Å². The van der Waals surface area contributed by atoms with Crippen molar-refractivity contribution >= 4 is 35.2 Å². The summed E-state index contributed by atoms with van der Waals surface area (Å²) >= 11 is 6.10. The Balaban J connectivity index is 1.59. The zero-order valence-electron chi connectivity index (χ0n) is 18.0. The number of urea groups is 1. The van der Waals surface area contributed by atoms with Crippen molar-refractivity contribution in [3.8, 4) is 11.5 Å². The number of nitrogens with zero attached hydrogens (tertiary/aromatic N) is 1. The number of methoxy groups -OCH3 is 1. The molecule has 2 aromatic rings. The van der Waals surface area contributed by atoms with E-state index < -0.39 is 23.9 Å². The van der Waals surface area contributed by atoms with Crippen molar-refractivity contribution in [2.24, 2.45) is 0 Å². The molecular formula is C23H22ClN3O6. The van der Waals surface area contributed by atoms with Crippen LogP contribution in [0, 0.1) is 0 Å². The molecule has 0 spiro atoms. The number of hydrogen-bond donors (Lipinski definition) is 2. The highest BCUT2D eigenvalue weighted by Gasteiger charge is 2.43. The van der Waals surface area contributed by atoms with Gasteiger partial charge in [0.1, 0.15) is 24.7 Å². The molecule has 9 nitrogen and oxygen atoms in total.